The molecule has 1 N–H and O–H groups in total. The van der Waals surface area contributed by atoms with Gasteiger partial charge in [-0.2, -0.15) is 4.98 Å². The van der Waals surface area contributed by atoms with Crippen LogP contribution in [0.15, 0.2) is 6.20 Å². The van der Waals surface area contributed by atoms with Crippen LogP contribution >= 0.6 is 0 Å². The Morgan fingerprint density at radius 1 is 1.40 bits per heavy atom. The van der Waals surface area contributed by atoms with Crippen LogP contribution in [0.2, 0.25) is 0 Å². The summed E-state index contributed by atoms with van der Waals surface area (Å²) in [6.45, 7) is 6.77. The molecule has 4 nitrogen and oxygen atoms in total. The van der Waals surface area contributed by atoms with E-state index in [4.69, 9.17) is 4.74 Å². The van der Waals surface area contributed by atoms with Crippen molar-refractivity contribution >= 4 is 0 Å². The van der Waals surface area contributed by atoms with Crippen LogP contribution in [0.5, 0.6) is 5.88 Å². The standard InChI is InChI=1S/C11H20N2O2/c1-5-11(6-2,15-7-3)10-12-9(14)8-13(10)4/h8,14H,5-7H2,1-4H3. The van der Waals surface area contributed by atoms with Crippen LogP contribution < -0.4 is 0 Å². The van der Waals surface area contributed by atoms with E-state index in [0.717, 1.165) is 18.7 Å². The Kier molecular flexibility index (Phi) is 3.74. The van der Waals surface area contributed by atoms with Crippen LogP contribution in [0.3, 0.4) is 0 Å². The summed E-state index contributed by atoms with van der Waals surface area (Å²) in [7, 11) is 1.88. The highest BCUT2D eigenvalue weighted by atomic mass is 16.5. The van der Waals surface area contributed by atoms with Crippen LogP contribution in [0.25, 0.3) is 0 Å². The van der Waals surface area contributed by atoms with Gasteiger partial charge in [-0.25, -0.2) is 0 Å². The van der Waals surface area contributed by atoms with E-state index < -0.39 is 0 Å². The van der Waals surface area contributed by atoms with Gasteiger partial charge >= 0.3 is 0 Å². The minimum absolute atomic E-state index is 0.0541. The molecule has 0 bridgehead atoms. The molecule has 0 amide bonds. The molecule has 0 aliphatic heterocycles. The lowest BCUT2D eigenvalue weighted by atomic mass is 9.96. The highest BCUT2D eigenvalue weighted by Gasteiger charge is 2.33. The van der Waals surface area contributed by atoms with E-state index >= 15 is 0 Å². The molecule has 1 aromatic rings. The van der Waals surface area contributed by atoms with Gasteiger partial charge < -0.3 is 14.4 Å². The first-order valence-corrected chi connectivity index (χ1v) is 5.46. The molecule has 0 aromatic carbocycles. The van der Waals surface area contributed by atoms with E-state index in [1.807, 2.05) is 18.5 Å². The summed E-state index contributed by atoms with van der Waals surface area (Å²) in [6, 6.07) is 0. The van der Waals surface area contributed by atoms with Gasteiger partial charge in [0.1, 0.15) is 11.4 Å². The molecule has 0 radical (unpaired) electrons. The van der Waals surface area contributed by atoms with Crippen molar-refractivity contribution in [3.05, 3.63) is 12.0 Å². The summed E-state index contributed by atoms with van der Waals surface area (Å²) < 4.78 is 7.65. The van der Waals surface area contributed by atoms with Crippen LogP contribution in [0.1, 0.15) is 39.4 Å². The Morgan fingerprint density at radius 2 is 2.00 bits per heavy atom. The summed E-state index contributed by atoms with van der Waals surface area (Å²) in [5.41, 5.74) is -0.371. The highest BCUT2D eigenvalue weighted by molar-refractivity contribution is 5.13. The van der Waals surface area contributed by atoms with Gasteiger partial charge in [0.15, 0.2) is 0 Å². The summed E-state index contributed by atoms with van der Waals surface area (Å²) in [4.78, 5) is 4.14. The Labute approximate surface area is 90.9 Å². The Balaban J connectivity index is 3.12. The van der Waals surface area contributed by atoms with Crippen molar-refractivity contribution in [2.75, 3.05) is 6.61 Å². The molecular weight excluding hydrogens is 192 g/mol. The molecule has 1 aromatic heterocycles. The quantitative estimate of drug-likeness (QED) is 0.813. The zero-order valence-electron chi connectivity index (χ0n) is 9.95. The van der Waals surface area contributed by atoms with Crippen molar-refractivity contribution < 1.29 is 9.84 Å². The number of aromatic hydroxyl groups is 1. The average Bonchev–Trinajstić information content (AvgIpc) is 2.55. The number of aryl methyl sites for hydroxylation is 1. The van der Waals surface area contributed by atoms with E-state index in [2.05, 4.69) is 18.8 Å². The fraction of sp³-hybridized carbons (Fsp3) is 0.727. The van der Waals surface area contributed by atoms with Gasteiger partial charge in [-0.1, -0.05) is 13.8 Å². The SMILES string of the molecule is CCOC(CC)(CC)c1nc(O)cn1C. The lowest BCUT2D eigenvalue weighted by Crippen LogP contribution is -2.31. The van der Waals surface area contributed by atoms with Gasteiger partial charge in [-0.05, 0) is 19.8 Å². The fourth-order valence-corrected chi connectivity index (χ4v) is 1.99. The van der Waals surface area contributed by atoms with Gasteiger partial charge in [0.25, 0.3) is 0 Å². The zero-order valence-corrected chi connectivity index (χ0v) is 9.95. The molecular formula is C11H20N2O2. The second-order valence-corrected chi connectivity index (χ2v) is 3.67. The smallest absolute Gasteiger partial charge is 0.229 e. The molecule has 0 aliphatic carbocycles. The molecule has 0 unspecified atom stereocenters. The summed E-state index contributed by atoms with van der Waals surface area (Å²) >= 11 is 0. The first kappa shape index (κ1) is 12.0. The number of rotatable bonds is 5. The molecule has 4 heteroatoms. The summed E-state index contributed by atoms with van der Waals surface area (Å²) in [5.74, 6) is 0.852. The fourth-order valence-electron chi connectivity index (χ4n) is 1.99. The second-order valence-electron chi connectivity index (χ2n) is 3.67. The highest BCUT2D eigenvalue weighted by Crippen LogP contribution is 2.32. The predicted molar refractivity (Wildman–Crippen MR) is 58.8 cm³/mol. The lowest BCUT2D eigenvalue weighted by Gasteiger charge is -2.30. The molecule has 86 valence electrons. The molecule has 1 heterocycles. The maximum atomic E-state index is 9.37. The Bertz CT molecular complexity index is 316. The topological polar surface area (TPSA) is 47.3 Å². The number of hydrogen-bond donors (Lipinski definition) is 1. The summed E-state index contributed by atoms with van der Waals surface area (Å²) in [6.07, 6.45) is 3.30. The predicted octanol–water partition coefficient (Wildman–Crippen LogP) is 2.18. The number of imidazole rings is 1. The van der Waals surface area contributed by atoms with Crippen LogP contribution in [-0.4, -0.2) is 21.3 Å². The van der Waals surface area contributed by atoms with Gasteiger partial charge in [0, 0.05) is 13.7 Å². The Hall–Kier alpha value is -1.03. The number of hydrogen-bond acceptors (Lipinski definition) is 3. The molecule has 0 spiro atoms. The molecule has 1 rings (SSSR count). The van der Waals surface area contributed by atoms with E-state index in [1.54, 1.807) is 6.20 Å². The third kappa shape index (κ3) is 2.15. The van der Waals surface area contributed by atoms with Crippen LogP contribution in [0, 0.1) is 0 Å². The molecule has 0 saturated carbocycles. The van der Waals surface area contributed by atoms with Crippen molar-refractivity contribution in [3.8, 4) is 5.88 Å². The van der Waals surface area contributed by atoms with Crippen molar-refractivity contribution in [3.63, 3.8) is 0 Å². The largest absolute Gasteiger partial charge is 0.492 e. The van der Waals surface area contributed by atoms with E-state index in [1.165, 1.54) is 0 Å². The van der Waals surface area contributed by atoms with Crippen LogP contribution in [-0.2, 0) is 17.4 Å². The van der Waals surface area contributed by atoms with Gasteiger partial charge in [0.05, 0.1) is 6.20 Å². The van der Waals surface area contributed by atoms with E-state index in [9.17, 15) is 5.11 Å². The Morgan fingerprint density at radius 3 is 2.33 bits per heavy atom. The van der Waals surface area contributed by atoms with Gasteiger partial charge in [-0.15, -0.1) is 0 Å². The van der Waals surface area contributed by atoms with E-state index in [0.29, 0.717) is 6.61 Å². The second kappa shape index (κ2) is 4.66. The van der Waals surface area contributed by atoms with Crippen LogP contribution in [0.4, 0.5) is 0 Å². The third-order valence-electron chi connectivity index (χ3n) is 2.83. The summed E-state index contributed by atoms with van der Waals surface area (Å²) in [5, 5.41) is 9.37. The maximum absolute atomic E-state index is 9.37. The van der Waals surface area contributed by atoms with Gasteiger partial charge in [-0.3, -0.25) is 0 Å². The number of nitrogens with zero attached hydrogens (tertiary/aromatic N) is 2. The first-order valence-electron chi connectivity index (χ1n) is 5.46. The van der Waals surface area contributed by atoms with Crippen molar-refractivity contribution in [2.24, 2.45) is 7.05 Å². The molecule has 0 aliphatic rings. The third-order valence-corrected chi connectivity index (χ3v) is 2.83. The zero-order chi connectivity index (χ0) is 11.5. The lowest BCUT2D eigenvalue weighted by molar-refractivity contribution is -0.0590. The average molecular weight is 212 g/mol. The number of aromatic nitrogens is 2. The molecule has 0 atom stereocenters. The molecule has 15 heavy (non-hydrogen) atoms. The number of ether oxygens (including phenoxy) is 1. The minimum atomic E-state index is -0.371. The van der Waals surface area contributed by atoms with Gasteiger partial charge in [0.2, 0.25) is 5.88 Å². The maximum Gasteiger partial charge on any atom is 0.229 e. The van der Waals surface area contributed by atoms with Crippen molar-refractivity contribution in [1.29, 1.82) is 0 Å². The molecule has 0 fully saturated rings. The normalized spacial score (nSPS) is 12.0. The van der Waals surface area contributed by atoms with Crippen molar-refractivity contribution in [1.82, 2.24) is 9.55 Å². The minimum Gasteiger partial charge on any atom is -0.492 e. The molecule has 0 saturated heterocycles. The first-order chi connectivity index (χ1) is 7.09. The van der Waals surface area contributed by atoms with Crippen molar-refractivity contribution in [2.45, 2.75) is 39.2 Å². The van der Waals surface area contributed by atoms with E-state index in [-0.39, 0.29) is 11.5 Å². The monoisotopic (exact) mass is 212 g/mol.